The topological polar surface area (TPSA) is 417 Å². The van der Waals surface area contributed by atoms with E-state index in [0.717, 1.165) is 29.3 Å². The van der Waals surface area contributed by atoms with E-state index < -0.39 is 179 Å². The van der Waals surface area contributed by atoms with Gasteiger partial charge >= 0.3 is 45.1 Å². The summed E-state index contributed by atoms with van der Waals surface area (Å²) in [5.41, 5.74) is -12.7. The first-order chi connectivity index (χ1) is 58.4. The number of nitrogens with one attached hydrogen (secondary N) is 7. The minimum atomic E-state index is -4.95. The number of rotatable bonds is 33. The highest BCUT2D eigenvalue weighted by molar-refractivity contribution is 7.85. The number of carbonyl (C=O) groups is 8. The van der Waals surface area contributed by atoms with Crippen LogP contribution in [0.15, 0.2) is 48.5 Å². The molecule has 10 atom stereocenters. The van der Waals surface area contributed by atoms with E-state index in [2.05, 4.69) is 41.5 Å². The Hall–Kier alpha value is -8.36. The molecule has 6 heterocycles. The van der Waals surface area contributed by atoms with E-state index in [-0.39, 0.29) is 73.7 Å². The molecule has 7 N–H and O–H groups in total. The first-order valence-corrected chi connectivity index (χ1v) is 45.2. The number of alkyl halides is 6. The molecule has 44 heteroatoms. The lowest BCUT2D eigenvalue weighted by atomic mass is 9.85. The van der Waals surface area contributed by atoms with Crippen molar-refractivity contribution >= 4 is 113 Å². The summed E-state index contributed by atoms with van der Waals surface area (Å²) in [5.74, 6) is -5.67. The molecule has 2 aromatic heterocycles. The lowest BCUT2D eigenvalue weighted by Crippen LogP contribution is -2.60. The zero-order valence-corrected chi connectivity index (χ0v) is 76.4. The van der Waals surface area contributed by atoms with Crippen molar-refractivity contribution in [2.75, 3.05) is 73.2 Å². The van der Waals surface area contributed by atoms with Crippen LogP contribution in [0.1, 0.15) is 174 Å². The molecular formula is C82H114Cl2F6N12O22S2. The fourth-order valence-corrected chi connectivity index (χ4v) is 17.2. The van der Waals surface area contributed by atoms with E-state index in [4.69, 9.17) is 69.5 Å². The summed E-state index contributed by atoms with van der Waals surface area (Å²) in [6.45, 7) is 23.5. The van der Waals surface area contributed by atoms with E-state index in [1.165, 1.54) is 39.8 Å². The van der Waals surface area contributed by atoms with Crippen LogP contribution in [-0.4, -0.2) is 251 Å². The Kier molecular flexibility index (Phi) is 30.4. The molecule has 0 spiro atoms. The minimum absolute atomic E-state index is 0.0640. The number of amides is 8. The molecule has 8 aliphatic rings. The Balaban J connectivity index is 0.000000251. The highest BCUT2D eigenvalue weighted by Crippen LogP contribution is 2.50. The molecular weight excluding hydrogens is 1750 g/mol. The van der Waals surface area contributed by atoms with E-state index in [1.54, 1.807) is 112 Å². The average molecular weight is 1870 g/mol. The molecule has 702 valence electrons. The first-order valence-electron chi connectivity index (χ1n) is 41.6. The molecule has 0 bridgehead atoms. The monoisotopic (exact) mass is 1870 g/mol. The number of aromatic nitrogens is 2. The van der Waals surface area contributed by atoms with Gasteiger partial charge in [0.05, 0.1) is 45.4 Å². The van der Waals surface area contributed by atoms with Crippen LogP contribution in [0, 0.1) is 22.7 Å². The zero-order chi connectivity index (χ0) is 93.3. The second kappa shape index (κ2) is 38.4. The van der Waals surface area contributed by atoms with Crippen LogP contribution >= 0.6 is 23.2 Å². The number of likely N-dealkylation sites (tertiary alicyclic amines) is 3. The molecule has 8 fully saturated rings. The Morgan fingerprint density at radius 3 is 1.26 bits per heavy atom. The predicted molar refractivity (Wildman–Crippen MR) is 446 cm³/mol. The number of benzene rings is 2. The third-order valence-corrected chi connectivity index (χ3v) is 26.1. The maximum atomic E-state index is 14.7. The number of nitrogens with zero attached hydrogens (tertiary/aromatic N) is 5. The van der Waals surface area contributed by atoms with Crippen LogP contribution in [0.5, 0.6) is 23.3 Å². The molecule has 4 aromatic rings. The summed E-state index contributed by atoms with van der Waals surface area (Å²) in [6.07, 6.45) is -10.6. The Morgan fingerprint density at radius 1 is 0.579 bits per heavy atom. The molecule has 4 saturated heterocycles. The summed E-state index contributed by atoms with van der Waals surface area (Å²) < 4.78 is 192. The molecule has 2 aromatic carbocycles. The normalized spacial score (nSPS) is 23.7. The largest absolute Gasteiger partial charge is 0.488 e. The van der Waals surface area contributed by atoms with E-state index >= 15 is 0 Å². The number of carbonyl (C=O) groups excluding carboxylic acids is 8. The number of para-hydroxylation sites is 2. The second-order valence-corrected chi connectivity index (χ2v) is 39.9. The molecule has 34 nitrogen and oxygen atoms in total. The van der Waals surface area contributed by atoms with Gasteiger partial charge in [0.1, 0.15) is 72.2 Å². The number of halogens is 8. The van der Waals surface area contributed by atoms with Crippen molar-refractivity contribution in [2.45, 2.75) is 262 Å². The maximum absolute atomic E-state index is 14.7. The molecule has 4 saturated carbocycles. The van der Waals surface area contributed by atoms with Crippen molar-refractivity contribution in [3.63, 3.8) is 0 Å². The number of ether oxygens (including phenoxy) is 8. The van der Waals surface area contributed by atoms with E-state index in [9.17, 15) is 81.5 Å². The van der Waals surface area contributed by atoms with Crippen molar-refractivity contribution in [2.24, 2.45) is 22.7 Å². The van der Waals surface area contributed by atoms with Crippen LogP contribution in [0.2, 0.25) is 10.0 Å². The number of pyridine rings is 2. The number of alkyl carbamates (subject to hydrolysis) is 2. The van der Waals surface area contributed by atoms with Gasteiger partial charge in [0.25, 0.3) is 11.8 Å². The molecule has 4 aliphatic carbocycles. The highest BCUT2D eigenvalue weighted by Gasteiger charge is 2.65. The standard InChI is InChI=1S/C40H54ClF3N6O10S.C39H53ClF3N5O12S.C3H7N/c1-8-23-21-39(23,34(53)48-61(55,56)60-38(7)13-14-38)47-32(51)27-19-24(22-50(27)33(52)31(36(2,3)4)46-35(54)59-37(5,6)40(42,43)44)58-28-20-29(57-18-17-49-15-10-16-49)45-30-25(28)11-9-12-26(30)41;1-10-21-18-38(21,33(51)47-61(53,54)60-37(7)14-15-37)46-31(49)25-16-22(19-48(25)32(50)30(35(2,3)4)45-34(52)59-36(5,6)39(41,42)43)58-26-17-27(57-20-28(55-8)56-9)44-29-23(26)12-11-13-24(29)40;1-2-4-3-1/h9,11-12,20,23-24,27,31H,8,10,13-19,21-22H2,1-7H3,(H,46,54)(H,47,51)(H,48,53);11-13,17,21-22,25,28,30H,10,14-16,18-20H2,1-9H3,(H,45,52)(H,46,49)(H,47,51);4H,1-3H2/t23-,24-,27+,31-,39-;21-,22-,25+,30-,38-;/m11./s1. The Morgan fingerprint density at radius 2 is 0.952 bits per heavy atom. The second-order valence-electron chi connectivity index (χ2n) is 36.6. The van der Waals surface area contributed by atoms with Gasteiger partial charge < -0.3 is 74.3 Å². The smallest absolute Gasteiger partial charge is 0.427 e. The summed E-state index contributed by atoms with van der Waals surface area (Å²) >= 11 is 13.1. The lowest BCUT2D eigenvalue weighted by Gasteiger charge is -2.36. The van der Waals surface area contributed by atoms with Crippen LogP contribution in [0.25, 0.3) is 21.8 Å². The van der Waals surface area contributed by atoms with Crippen molar-refractivity contribution in [3.05, 3.63) is 58.6 Å². The van der Waals surface area contributed by atoms with Crippen LogP contribution in [0.4, 0.5) is 35.9 Å². The van der Waals surface area contributed by atoms with Gasteiger partial charge in [-0.15, -0.1) is 0 Å². The molecule has 12 rings (SSSR count). The van der Waals surface area contributed by atoms with Gasteiger partial charge in [0, 0.05) is 56.5 Å². The SMILES string of the molecule is C1CNC1.CC[C@@H]1C[C@]1(NC(=O)[C@@H]1C[C@@H](Oc2cc(OCC(OC)OC)nc3c(Cl)cccc23)CN1C(=O)[C@@H](NC(=O)OC(C)(C)C(F)(F)F)C(C)(C)C)C(=O)NS(=O)(=O)OC1(C)CC1.CC[C@@H]1C[C@]1(NC(=O)[C@@H]1C[C@@H](Oc2cc(OCCN3CCC3)nc3c(Cl)cccc23)CN1C(=O)[C@@H](NC(=O)OC(C)(C)C(F)(F)F)C(C)(C)C)C(=O)NS(=O)(=O)OC1(C)CC1. The fraction of sp³-hybridized carbons (Fsp3) is 0.683. The Bertz CT molecular complexity index is 4930. The van der Waals surface area contributed by atoms with Crippen molar-refractivity contribution in [1.82, 2.24) is 60.7 Å². The zero-order valence-electron chi connectivity index (χ0n) is 73.2. The van der Waals surface area contributed by atoms with Crippen molar-refractivity contribution in [1.29, 1.82) is 0 Å². The average Bonchev–Trinajstić information content (AvgIpc) is 1.57. The van der Waals surface area contributed by atoms with Gasteiger partial charge in [-0.05, 0) is 166 Å². The summed E-state index contributed by atoms with van der Waals surface area (Å²) in [5, 5.41) is 14.6. The first kappa shape index (κ1) is 99.8. The van der Waals surface area contributed by atoms with Gasteiger partial charge in [-0.1, -0.05) is 104 Å². The van der Waals surface area contributed by atoms with Crippen LogP contribution in [0.3, 0.4) is 0 Å². The van der Waals surface area contributed by atoms with Crippen molar-refractivity contribution in [3.8, 4) is 23.3 Å². The number of methoxy groups -OCH3 is 2. The number of hydrogen-bond acceptors (Lipinski definition) is 26. The summed E-state index contributed by atoms with van der Waals surface area (Å²) in [7, 11) is -6.27. The highest BCUT2D eigenvalue weighted by atomic mass is 35.5. The number of fused-ring (bicyclic) bond motifs is 2. The summed E-state index contributed by atoms with van der Waals surface area (Å²) in [6, 6.07) is 7.19. The molecule has 8 amide bonds. The molecule has 126 heavy (non-hydrogen) atoms. The van der Waals surface area contributed by atoms with Gasteiger partial charge in [-0.2, -0.15) is 43.2 Å². The van der Waals surface area contributed by atoms with Crippen molar-refractivity contribution < 1.29 is 128 Å². The third kappa shape index (κ3) is 24.6. The van der Waals surface area contributed by atoms with Gasteiger partial charge in [0.15, 0.2) is 6.29 Å². The summed E-state index contributed by atoms with van der Waals surface area (Å²) in [4.78, 5) is 125. The number of hydrogen-bond donors (Lipinski definition) is 7. The Labute approximate surface area is 738 Å². The maximum Gasteiger partial charge on any atom is 0.427 e. The van der Waals surface area contributed by atoms with Gasteiger partial charge in [-0.25, -0.2) is 37.4 Å². The van der Waals surface area contributed by atoms with Gasteiger partial charge in [-0.3, -0.25) is 33.7 Å². The van der Waals surface area contributed by atoms with Gasteiger partial charge in [0.2, 0.25) is 46.6 Å². The van der Waals surface area contributed by atoms with Crippen LogP contribution in [-0.2, 0) is 76.7 Å². The van der Waals surface area contributed by atoms with E-state index in [1.807, 2.05) is 9.44 Å². The quantitative estimate of drug-likeness (QED) is 0.0172. The molecule has 0 unspecified atom stereocenters. The van der Waals surface area contributed by atoms with E-state index in [0.29, 0.717) is 106 Å². The minimum Gasteiger partial charge on any atom is -0.488 e. The predicted octanol–water partition coefficient (Wildman–Crippen LogP) is 9.93. The van der Waals surface area contributed by atoms with Crippen LogP contribution < -0.4 is 55.0 Å². The fourth-order valence-electron chi connectivity index (χ4n) is 14.4. The molecule has 4 aliphatic heterocycles. The molecule has 0 radical (unpaired) electrons. The third-order valence-electron chi connectivity index (χ3n) is 23.4. The lowest BCUT2D eigenvalue weighted by molar-refractivity contribution is -0.244.